The van der Waals surface area contributed by atoms with Crippen molar-refractivity contribution in [2.24, 2.45) is 0 Å². The predicted molar refractivity (Wildman–Crippen MR) is 113 cm³/mol. The van der Waals surface area contributed by atoms with Crippen molar-refractivity contribution in [1.82, 2.24) is 14.7 Å². The van der Waals surface area contributed by atoms with Gasteiger partial charge in [0.25, 0.3) is 0 Å². The Balaban J connectivity index is 1.38. The summed E-state index contributed by atoms with van der Waals surface area (Å²) in [7, 11) is 1.84. The minimum absolute atomic E-state index is 0.111. The van der Waals surface area contributed by atoms with Crippen molar-refractivity contribution >= 4 is 28.8 Å². The van der Waals surface area contributed by atoms with E-state index in [0.29, 0.717) is 18.8 Å². The van der Waals surface area contributed by atoms with Gasteiger partial charge in [0.2, 0.25) is 11.8 Å². The Morgan fingerprint density at radius 1 is 1.07 bits per heavy atom. The van der Waals surface area contributed by atoms with Crippen LogP contribution in [0, 0.1) is 12.7 Å². The number of likely N-dealkylation sites (N-methyl/N-ethyl adjacent to an activating group) is 1. The first-order valence-corrected chi connectivity index (χ1v) is 10.6. The van der Waals surface area contributed by atoms with Crippen molar-refractivity contribution < 1.29 is 14.0 Å². The molecule has 0 saturated carbocycles. The highest BCUT2D eigenvalue weighted by Gasteiger charge is 2.22. The summed E-state index contributed by atoms with van der Waals surface area (Å²) in [5.41, 5.74) is 1.81. The van der Waals surface area contributed by atoms with Gasteiger partial charge in [-0.05, 0) is 48.2 Å². The van der Waals surface area contributed by atoms with Gasteiger partial charge in [0.05, 0.1) is 19.6 Å². The number of piperazine rings is 1. The number of rotatable bonds is 7. The van der Waals surface area contributed by atoms with E-state index in [0.717, 1.165) is 26.2 Å². The third-order valence-corrected chi connectivity index (χ3v) is 6.10. The lowest BCUT2D eigenvalue weighted by atomic mass is 10.2. The van der Waals surface area contributed by atoms with Gasteiger partial charge >= 0.3 is 0 Å². The minimum Gasteiger partial charge on any atom is -0.339 e. The molecule has 2 heterocycles. The summed E-state index contributed by atoms with van der Waals surface area (Å²) >= 11 is 1.68. The first kappa shape index (κ1) is 21.4. The fourth-order valence-electron chi connectivity index (χ4n) is 3.22. The Labute approximate surface area is 174 Å². The van der Waals surface area contributed by atoms with Crippen LogP contribution in [0.4, 0.5) is 10.1 Å². The van der Waals surface area contributed by atoms with Crippen molar-refractivity contribution in [2.45, 2.75) is 13.5 Å². The van der Waals surface area contributed by atoms with Gasteiger partial charge in [-0.2, -0.15) is 0 Å². The first-order chi connectivity index (χ1) is 13.9. The summed E-state index contributed by atoms with van der Waals surface area (Å²) in [6.45, 7) is 6.37. The van der Waals surface area contributed by atoms with Crippen LogP contribution in [0.15, 0.2) is 35.7 Å². The molecule has 1 aliphatic heterocycles. The average molecular weight is 419 g/mol. The van der Waals surface area contributed by atoms with Gasteiger partial charge in [0.1, 0.15) is 5.82 Å². The average Bonchev–Trinajstić information content (AvgIpc) is 3.09. The molecule has 0 aliphatic carbocycles. The highest BCUT2D eigenvalue weighted by Crippen LogP contribution is 2.17. The van der Waals surface area contributed by atoms with Crippen molar-refractivity contribution in [3.8, 4) is 0 Å². The van der Waals surface area contributed by atoms with Gasteiger partial charge < -0.3 is 10.2 Å². The maximum Gasteiger partial charge on any atom is 0.238 e. The monoisotopic (exact) mass is 418 g/mol. The maximum atomic E-state index is 12.9. The summed E-state index contributed by atoms with van der Waals surface area (Å²) < 4.78 is 12.9. The van der Waals surface area contributed by atoms with Crippen LogP contribution in [0.1, 0.15) is 10.4 Å². The molecule has 1 aromatic heterocycles. The number of aryl methyl sites for hydroxylation is 1. The van der Waals surface area contributed by atoms with Gasteiger partial charge in [-0.25, -0.2) is 4.39 Å². The molecule has 0 atom stereocenters. The number of nitrogens with zero attached hydrogens (tertiary/aromatic N) is 3. The molecule has 3 rings (SSSR count). The first-order valence-electron chi connectivity index (χ1n) is 9.68. The lowest BCUT2D eigenvalue weighted by Gasteiger charge is -2.34. The molecule has 0 radical (unpaired) electrons. The smallest absolute Gasteiger partial charge is 0.238 e. The standard InChI is InChI=1S/C21H27FN4O2S/c1-16-7-12-29-19(16)13-24(2)21(28)15-26-10-8-25(9-11-26)14-20(27)23-18-5-3-17(22)4-6-18/h3-7,12H,8-11,13-15H2,1-2H3,(H,23,27). The Morgan fingerprint density at radius 3 is 2.28 bits per heavy atom. The van der Waals surface area contributed by atoms with Crippen molar-refractivity contribution in [3.05, 3.63) is 52.0 Å². The molecule has 1 aliphatic rings. The third-order valence-electron chi connectivity index (χ3n) is 5.09. The summed E-state index contributed by atoms with van der Waals surface area (Å²) in [5.74, 6) is -0.336. The zero-order valence-electron chi connectivity index (χ0n) is 16.9. The number of hydrogen-bond acceptors (Lipinski definition) is 5. The molecule has 156 valence electrons. The number of amides is 2. The summed E-state index contributed by atoms with van der Waals surface area (Å²) in [6.07, 6.45) is 0. The maximum absolute atomic E-state index is 12.9. The van der Waals surface area contributed by atoms with Crippen LogP contribution < -0.4 is 5.32 Å². The molecule has 6 nitrogen and oxygen atoms in total. The summed E-state index contributed by atoms with van der Waals surface area (Å²) in [4.78, 5) is 31.9. The van der Waals surface area contributed by atoms with Crippen LogP contribution in [-0.4, -0.2) is 72.8 Å². The number of benzene rings is 1. The van der Waals surface area contributed by atoms with E-state index in [4.69, 9.17) is 0 Å². The number of halogens is 1. The van der Waals surface area contributed by atoms with Crippen LogP contribution in [0.3, 0.4) is 0 Å². The van der Waals surface area contributed by atoms with Gasteiger partial charge in [-0.3, -0.25) is 19.4 Å². The van der Waals surface area contributed by atoms with Crippen LogP contribution in [0.5, 0.6) is 0 Å². The molecule has 1 saturated heterocycles. The molecule has 8 heteroatoms. The van der Waals surface area contributed by atoms with Gasteiger partial charge in [-0.15, -0.1) is 11.3 Å². The second-order valence-corrected chi connectivity index (χ2v) is 8.38. The number of carbonyl (C=O) groups is 2. The zero-order chi connectivity index (χ0) is 20.8. The minimum atomic E-state index is -0.329. The number of nitrogens with one attached hydrogen (secondary N) is 1. The quantitative estimate of drug-likeness (QED) is 0.750. The van der Waals surface area contributed by atoms with Gasteiger partial charge in [-0.1, -0.05) is 0 Å². The summed E-state index contributed by atoms with van der Waals surface area (Å²) in [5, 5.41) is 4.83. The van der Waals surface area contributed by atoms with Crippen LogP contribution in [0.2, 0.25) is 0 Å². The zero-order valence-corrected chi connectivity index (χ0v) is 17.7. The molecule has 0 spiro atoms. The van der Waals surface area contributed by atoms with Gasteiger partial charge in [0, 0.05) is 43.8 Å². The van der Waals surface area contributed by atoms with E-state index in [9.17, 15) is 14.0 Å². The van der Waals surface area contributed by atoms with E-state index >= 15 is 0 Å². The molecule has 2 amide bonds. The normalized spacial score (nSPS) is 15.3. The molecule has 1 fully saturated rings. The molecule has 1 aromatic carbocycles. The molecule has 29 heavy (non-hydrogen) atoms. The van der Waals surface area contributed by atoms with Crippen molar-refractivity contribution in [3.63, 3.8) is 0 Å². The fourth-order valence-corrected chi connectivity index (χ4v) is 4.18. The van der Waals surface area contributed by atoms with E-state index < -0.39 is 0 Å². The Morgan fingerprint density at radius 2 is 1.69 bits per heavy atom. The molecular formula is C21H27FN4O2S. The predicted octanol–water partition coefficient (Wildman–Crippen LogP) is 2.41. The van der Waals surface area contributed by atoms with Crippen LogP contribution in [-0.2, 0) is 16.1 Å². The Kier molecular flexibility index (Phi) is 7.35. The van der Waals surface area contributed by atoms with E-state index in [-0.39, 0.29) is 24.2 Å². The third kappa shape index (κ3) is 6.35. The van der Waals surface area contributed by atoms with E-state index in [2.05, 4.69) is 33.5 Å². The molecule has 0 unspecified atom stereocenters. The van der Waals surface area contributed by atoms with Crippen molar-refractivity contribution in [1.29, 1.82) is 0 Å². The lowest BCUT2D eigenvalue weighted by molar-refractivity contribution is -0.132. The molecule has 2 aromatic rings. The lowest BCUT2D eigenvalue weighted by Crippen LogP contribution is -2.51. The Bertz CT molecular complexity index is 831. The SMILES string of the molecule is Cc1ccsc1CN(C)C(=O)CN1CCN(CC(=O)Nc2ccc(F)cc2)CC1. The second-order valence-electron chi connectivity index (χ2n) is 7.38. The van der Waals surface area contributed by atoms with Crippen molar-refractivity contribution in [2.75, 3.05) is 51.6 Å². The molecule has 1 N–H and O–H groups in total. The highest BCUT2D eigenvalue weighted by atomic mass is 32.1. The van der Waals surface area contributed by atoms with E-state index in [1.807, 2.05) is 7.05 Å². The number of anilines is 1. The largest absolute Gasteiger partial charge is 0.339 e. The topological polar surface area (TPSA) is 55.9 Å². The van der Waals surface area contributed by atoms with Crippen LogP contribution in [0.25, 0.3) is 0 Å². The van der Waals surface area contributed by atoms with Crippen LogP contribution >= 0.6 is 11.3 Å². The van der Waals surface area contributed by atoms with Gasteiger partial charge in [0.15, 0.2) is 0 Å². The second kappa shape index (κ2) is 9.96. The fraction of sp³-hybridized carbons (Fsp3) is 0.429. The number of carbonyl (C=O) groups excluding carboxylic acids is 2. The molecule has 0 bridgehead atoms. The Hall–Kier alpha value is -2.29. The van der Waals surface area contributed by atoms with E-state index in [1.54, 1.807) is 28.4 Å². The summed E-state index contributed by atoms with van der Waals surface area (Å²) in [6, 6.07) is 7.81. The highest BCUT2D eigenvalue weighted by molar-refractivity contribution is 7.10. The molecular weight excluding hydrogens is 391 g/mol. The number of thiophene rings is 1. The van der Waals surface area contributed by atoms with E-state index in [1.165, 1.54) is 22.6 Å². The number of hydrogen-bond donors (Lipinski definition) is 1.